The number of benzene rings is 2. The molecule has 4 rings (SSSR count). The minimum atomic E-state index is -1.51. The molecule has 0 saturated heterocycles. The molecule has 0 aliphatic heterocycles. The van der Waals surface area contributed by atoms with Gasteiger partial charge in [0.05, 0.1) is 15.7 Å². The van der Waals surface area contributed by atoms with Crippen LogP contribution in [0.25, 0.3) is 22.2 Å². The first kappa shape index (κ1) is 22.8. The third kappa shape index (κ3) is 4.72. The number of hydrogen-bond acceptors (Lipinski definition) is 5. The lowest BCUT2D eigenvalue weighted by atomic mass is 9.82. The van der Waals surface area contributed by atoms with Crippen LogP contribution in [-0.4, -0.2) is 19.1 Å². The van der Waals surface area contributed by atoms with E-state index in [1.807, 2.05) is 69.3 Å². The molecule has 0 bridgehead atoms. The molecule has 2 heterocycles. The molecule has 33 heavy (non-hydrogen) atoms. The summed E-state index contributed by atoms with van der Waals surface area (Å²) in [5.41, 5.74) is 5.74. The second kappa shape index (κ2) is 9.26. The first-order valence-electron chi connectivity index (χ1n) is 10.8. The van der Waals surface area contributed by atoms with Crippen LogP contribution in [-0.2, 0) is 17.4 Å². The van der Waals surface area contributed by atoms with Crippen LogP contribution in [0, 0.1) is 18.3 Å². The third-order valence-electron chi connectivity index (χ3n) is 6.07. The van der Waals surface area contributed by atoms with Gasteiger partial charge >= 0.3 is 0 Å². The van der Waals surface area contributed by atoms with Crippen molar-refractivity contribution < 1.29 is 8.73 Å². The van der Waals surface area contributed by atoms with Crippen molar-refractivity contribution >= 4 is 22.0 Å². The normalized spacial score (nSPS) is 13.5. The summed E-state index contributed by atoms with van der Waals surface area (Å²) in [5.74, 6) is -0.0562. The topological polar surface area (TPSA) is 106 Å². The SMILES string of the molecule is Cc1ccc(C#N)nc1C[C@@H](CC(C)(C)S(N)=O)c1ccccc1-c1noc2ccccc12. The molecule has 6 nitrogen and oxygen atoms in total. The Hall–Kier alpha value is -3.34. The van der Waals surface area contributed by atoms with Gasteiger partial charge in [0, 0.05) is 16.6 Å². The summed E-state index contributed by atoms with van der Waals surface area (Å²) in [6, 6.07) is 21.6. The van der Waals surface area contributed by atoms with E-state index in [0.29, 0.717) is 18.5 Å². The summed E-state index contributed by atoms with van der Waals surface area (Å²) in [4.78, 5) is 4.57. The molecule has 2 N–H and O–H groups in total. The lowest BCUT2D eigenvalue weighted by Crippen LogP contribution is -2.34. The number of pyridine rings is 1. The quantitative estimate of drug-likeness (QED) is 0.410. The fourth-order valence-corrected chi connectivity index (χ4v) is 4.56. The highest BCUT2D eigenvalue weighted by molar-refractivity contribution is 7.84. The summed E-state index contributed by atoms with van der Waals surface area (Å²) in [5, 5.41) is 20.5. The molecule has 168 valence electrons. The van der Waals surface area contributed by atoms with Crippen molar-refractivity contribution in [2.24, 2.45) is 5.14 Å². The molecule has 0 amide bonds. The van der Waals surface area contributed by atoms with Crippen LogP contribution in [0.2, 0.25) is 0 Å². The van der Waals surface area contributed by atoms with E-state index in [4.69, 9.17) is 9.66 Å². The molecule has 2 aromatic carbocycles. The number of aromatic nitrogens is 2. The summed E-state index contributed by atoms with van der Waals surface area (Å²) >= 11 is 0. The standard InChI is InChI=1S/C26H26N4O2S/c1-17-12-13-19(16-27)29-23(17)14-18(15-26(2,3)33(28)31)20-8-4-5-9-21(20)25-22-10-6-7-11-24(22)32-30-25/h4-13,18H,14-15,28H2,1-3H3/t18-,33?/m0/s1. The number of nitriles is 1. The number of fused-ring (bicyclic) bond motifs is 1. The Kier molecular flexibility index (Phi) is 6.41. The van der Waals surface area contributed by atoms with Crippen molar-refractivity contribution in [2.75, 3.05) is 0 Å². The summed E-state index contributed by atoms with van der Waals surface area (Å²) in [6.45, 7) is 5.82. The molecule has 0 spiro atoms. The van der Waals surface area contributed by atoms with Crippen LogP contribution >= 0.6 is 0 Å². The Morgan fingerprint density at radius 1 is 1.12 bits per heavy atom. The highest BCUT2D eigenvalue weighted by Gasteiger charge is 2.31. The van der Waals surface area contributed by atoms with Crippen LogP contribution in [0.3, 0.4) is 0 Å². The third-order valence-corrected chi connectivity index (χ3v) is 7.33. The molecule has 4 aromatic rings. The predicted octanol–water partition coefficient (Wildman–Crippen LogP) is 5.19. The van der Waals surface area contributed by atoms with Crippen LogP contribution in [0.1, 0.15) is 48.7 Å². The molecule has 0 radical (unpaired) electrons. The van der Waals surface area contributed by atoms with Crippen molar-refractivity contribution in [1.29, 1.82) is 5.26 Å². The van der Waals surface area contributed by atoms with E-state index >= 15 is 0 Å². The lowest BCUT2D eigenvalue weighted by molar-refractivity contribution is 0.459. The molecule has 0 aliphatic carbocycles. The number of hydrogen-bond donors (Lipinski definition) is 1. The number of nitrogens with two attached hydrogens (primary N) is 1. The van der Waals surface area contributed by atoms with E-state index in [2.05, 4.69) is 22.3 Å². The van der Waals surface area contributed by atoms with Gasteiger partial charge in [-0.25, -0.2) is 9.19 Å². The molecule has 0 saturated carbocycles. The zero-order valence-corrected chi connectivity index (χ0v) is 19.7. The Morgan fingerprint density at radius 3 is 2.61 bits per heavy atom. The number of nitrogens with zero attached hydrogens (tertiary/aromatic N) is 3. The van der Waals surface area contributed by atoms with Crippen LogP contribution < -0.4 is 5.14 Å². The highest BCUT2D eigenvalue weighted by Crippen LogP contribution is 2.39. The fourth-order valence-electron chi connectivity index (χ4n) is 4.19. The van der Waals surface area contributed by atoms with Gasteiger partial charge < -0.3 is 4.52 Å². The minimum absolute atomic E-state index is 0.0562. The zero-order chi connectivity index (χ0) is 23.6. The van der Waals surface area contributed by atoms with Gasteiger partial charge in [-0.2, -0.15) is 5.26 Å². The fraction of sp³-hybridized carbons (Fsp3) is 0.269. The van der Waals surface area contributed by atoms with Crippen molar-refractivity contribution in [3.05, 3.63) is 83.2 Å². The van der Waals surface area contributed by atoms with E-state index < -0.39 is 15.7 Å². The average molecular weight is 459 g/mol. The van der Waals surface area contributed by atoms with Gasteiger partial charge in [-0.1, -0.05) is 47.6 Å². The van der Waals surface area contributed by atoms with Crippen molar-refractivity contribution in [3.8, 4) is 17.3 Å². The molecule has 0 aliphatic rings. The largest absolute Gasteiger partial charge is 0.356 e. The van der Waals surface area contributed by atoms with Gasteiger partial charge in [0.25, 0.3) is 0 Å². The van der Waals surface area contributed by atoms with Crippen molar-refractivity contribution in [3.63, 3.8) is 0 Å². The minimum Gasteiger partial charge on any atom is -0.356 e. The van der Waals surface area contributed by atoms with E-state index in [0.717, 1.165) is 39.0 Å². The maximum atomic E-state index is 12.3. The summed E-state index contributed by atoms with van der Waals surface area (Å²) in [6.07, 6.45) is 1.15. The molecule has 1 unspecified atom stereocenters. The van der Waals surface area contributed by atoms with Gasteiger partial charge in [0.15, 0.2) is 5.58 Å². The monoisotopic (exact) mass is 458 g/mol. The molecule has 2 atom stereocenters. The van der Waals surface area contributed by atoms with Gasteiger partial charge in [0.1, 0.15) is 17.5 Å². The Morgan fingerprint density at radius 2 is 1.85 bits per heavy atom. The highest BCUT2D eigenvalue weighted by atomic mass is 32.2. The van der Waals surface area contributed by atoms with E-state index in [-0.39, 0.29) is 5.92 Å². The molecule has 2 aromatic heterocycles. The van der Waals surface area contributed by atoms with Crippen LogP contribution in [0.4, 0.5) is 0 Å². The Bertz CT molecular complexity index is 1370. The first-order chi connectivity index (χ1) is 15.8. The predicted molar refractivity (Wildman–Crippen MR) is 131 cm³/mol. The van der Waals surface area contributed by atoms with Crippen LogP contribution in [0.5, 0.6) is 0 Å². The van der Waals surface area contributed by atoms with Crippen LogP contribution in [0.15, 0.2) is 65.2 Å². The maximum Gasteiger partial charge on any atom is 0.167 e. The number of aryl methyl sites for hydroxylation is 1. The Labute approximate surface area is 196 Å². The summed E-state index contributed by atoms with van der Waals surface area (Å²) < 4.78 is 17.3. The smallest absolute Gasteiger partial charge is 0.167 e. The molecule has 7 heteroatoms. The second-order valence-corrected chi connectivity index (χ2v) is 10.5. The summed E-state index contributed by atoms with van der Waals surface area (Å²) in [7, 11) is -1.51. The van der Waals surface area contributed by atoms with E-state index in [1.165, 1.54) is 0 Å². The van der Waals surface area contributed by atoms with Gasteiger partial charge in [-0.3, -0.25) is 5.14 Å². The van der Waals surface area contributed by atoms with E-state index in [9.17, 15) is 9.47 Å². The lowest BCUT2D eigenvalue weighted by Gasteiger charge is -2.29. The average Bonchev–Trinajstić information content (AvgIpc) is 3.24. The molecular formula is C26H26N4O2S. The van der Waals surface area contributed by atoms with E-state index in [1.54, 1.807) is 6.07 Å². The first-order valence-corrected chi connectivity index (χ1v) is 12.0. The Balaban J connectivity index is 1.85. The zero-order valence-electron chi connectivity index (χ0n) is 18.9. The number of para-hydroxylation sites is 1. The van der Waals surface area contributed by atoms with Gasteiger partial charge in [-0.05, 0) is 68.9 Å². The van der Waals surface area contributed by atoms with Crippen molar-refractivity contribution in [1.82, 2.24) is 10.1 Å². The maximum absolute atomic E-state index is 12.3. The van der Waals surface area contributed by atoms with Crippen molar-refractivity contribution in [2.45, 2.75) is 44.3 Å². The molecule has 0 fully saturated rings. The van der Waals surface area contributed by atoms with Gasteiger partial charge in [0.2, 0.25) is 0 Å². The number of rotatable bonds is 7. The molecular weight excluding hydrogens is 432 g/mol. The second-order valence-electron chi connectivity index (χ2n) is 8.85. The van der Waals surface area contributed by atoms with Gasteiger partial charge in [-0.15, -0.1) is 0 Å².